The van der Waals surface area contributed by atoms with E-state index in [0.717, 1.165) is 5.69 Å². The summed E-state index contributed by atoms with van der Waals surface area (Å²) < 4.78 is 6.70. The number of methoxy groups -OCH3 is 1. The number of aromatic nitrogens is 4. The molecule has 0 aliphatic carbocycles. The van der Waals surface area contributed by atoms with E-state index in [2.05, 4.69) is 20.8 Å². The summed E-state index contributed by atoms with van der Waals surface area (Å²) in [6.45, 7) is 0. The summed E-state index contributed by atoms with van der Waals surface area (Å²) in [5, 5.41) is 14.2. The first kappa shape index (κ1) is 15.0. The minimum Gasteiger partial charge on any atom is -0.496 e. The van der Waals surface area contributed by atoms with Gasteiger partial charge in [-0.1, -0.05) is 11.6 Å². The summed E-state index contributed by atoms with van der Waals surface area (Å²) in [5.41, 5.74) is 1.78. The fourth-order valence-corrected chi connectivity index (χ4v) is 2.21. The SMILES string of the molecule is COc1ccc(Cl)cc1C(=O)Nc1ccc(-n2cnnn2)cc1. The van der Waals surface area contributed by atoms with E-state index in [1.165, 1.54) is 18.1 Å². The monoisotopic (exact) mass is 329 g/mol. The highest BCUT2D eigenvalue weighted by atomic mass is 35.5. The standard InChI is InChI=1S/C15H12ClN5O2/c1-23-14-7-2-10(16)8-13(14)15(22)18-11-3-5-12(6-4-11)21-9-17-19-20-21/h2-9H,1H3,(H,18,22). The molecular formula is C15H12ClN5O2. The number of nitrogens with zero attached hydrogens (tertiary/aromatic N) is 4. The molecule has 2 aromatic carbocycles. The zero-order valence-corrected chi connectivity index (χ0v) is 12.9. The number of halogens is 1. The zero-order chi connectivity index (χ0) is 16.2. The summed E-state index contributed by atoms with van der Waals surface area (Å²) in [7, 11) is 1.50. The zero-order valence-electron chi connectivity index (χ0n) is 12.1. The largest absolute Gasteiger partial charge is 0.496 e. The molecule has 23 heavy (non-hydrogen) atoms. The molecular weight excluding hydrogens is 318 g/mol. The third kappa shape index (κ3) is 3.29. The van der Waals surface area contributed by atoms with E-state index in [-0.39, 0.29) is 5.91 Å². The van der Waals surface area contributed by atoms with Crippen molar-refractivity contribution in [2.75, 3.05) is 12.4 Å². The Balaban J connectivity index is 1.79. The maximum Gasteiger partial charge on any atom is 0.259 e. The summed E-state index contributed by atoms with van der Waals surface area (Å²) in [6, 6.07) is 12.0. The van der Waals surface area contributed by atoms with Crippen molar-refractivity contribution in [3.8, 4) is 11.4 Å². The number of carbonyl (C=O) groups excluding carboxylic acids is 1. The Hall–Kier alpha value is -2.93. The Bertz CT molecular complexity index is 818. The number of benzene rings is 2. The highest BCUT2D eigenvalue weighted by molar-refractivity contribution is 6.31. The molecule has 0 radical (unpaired) electrons. The van der Waals surface area contributed by atoms with Crippen LogP contribution >= 0.6 is 11.6 Å². The number of hydrogen-bond donors (Lipinski definition) is 1. The predicted molar refractivity (Wildman–Crippen MR) is 85.1 cm³/mol. The van der Waals surface area contributed by atoms with Crippen LogP contribution in [-0.4, -0.2) is 33.2 Å². The van der Waals surface area contributed by atoms with Crippen molar-refractivity contribution in [2.24, 2.45) is 0 Å². The number of carbonyl (C=O) groups is 1. The predicted octanol–water partition coefficient (Wildman–Crippen LogP) is 2.58. The molecule has 0 spiro atoms. The fraction of sp³-hybridized carbons (Fsp3) is 0.0667. The fourth-order valence-electron chi connectivity index (χ4n) is 2.03. The van der Waals surface area contributed by atoms with Crippen molar-refractivity contribution in [3.05, 3.63) is 59.4 Å². The minimum absolute atomic E-state index is 0.306. The van der Waals surface area contributed by atoms with Crippen molar-refractivity contribution in [3.63, 3.8) is 0 Å². The first-order valence-electron chi connectivity index (χ1n) is 6.65. The molecule has 0 bridgehead atoms. The van der Waals surface area contributed by atoms with Crippen LogP contribution in [0.5, 0.6) is 5.75 Å². The lowest BCUT2D eigenvalue weighted by Crippen LogP contribution is -2.13. The lowest BCUT2D eigenvalue weighted by Gasteiger charge is -2.10. The Labute approximate surface area is 136 Å². The third-order valence-electron chi connectivity index (χ3n) is 3.14. The van der Waals surface area contributed by atoms with E-state index in [9.17, 15) is 4.79 Å². The summed E-state index contributed by atoms with van der Waals surface area (Å²) in [4.78, 5) is 12.4. The van der Waals surface area contributed by atoms with Crippen LogP contribution in [0.3, 0.4) is 0 Å². The smallest absolute Gasteiger partial charge is 0.259 e. The Morgan fingerprint density at radius 1 is 1.22 bits per heavy atom. The third-order valence-corrected chi connectivity index (χ3v) is 3.38. The molecule has 8 heteroatoms. The number of amides is 1. The van der Waals surface area contributed by atoms with Gasteiger partial charge in [-0.25, -0.2) is 4.68 Å². The number of tetrazole rings is 1. The van der Waals surface area contributed by atoms with Gasteiger partial charge in [0.15, 0.2) is 0 Å². The molecule has 0 aliphatic heterocycles. The van der Waals surface area contributed by atoms with Gasteiger partial charge in [0.25, 0.3) is 5.91 Å². The maximum atomic E-state index is 12.4. The number of hydrogen-bond acceptors (Lipinski definition) is 5. The van der Waals surface area contributed by atoms with Crippen LogP contribution in [0.4, 0.5) is 5.69 Å². The number of rotatable bonds is 4. The number of anilines is 1. The second kappa shape index (κ2) is 6.45. The Kier molecular flexibility index (Phi) is 4.20. The molecule has 0 saturated carbocycles. The average molecular weight is 330 g/mol. The van der Waals surface area contributed by atoms with Crippen LogP contribution < -0.4 is 10.1 Å². The molecule has 3 rings (SSSR count). The molecule has 116 valence electrons. The van der Waals surface area contributed by atoms with Gasteiger partial charge in [0.1, 0.15) is 12.1 Å². The molecule has 1 N–H and O–H groups in total. The van der Waals surface area contributed by atoms with Crippen molar-refractivity contribution in [1.82, 2.24) is 20.2 Å². The minimum atomic E-state index is -0.306. The van der Waals surface area contributed by atoms with Crippen molar-refractivity contribution in [1.29, 1.82) is 0 Å². The topological polar surface area (TPSA) is 81.9 Å². The quantitative estimate of drug-likeness (QED) is 0.795. The molecule has 0 atom stereocenters. The normalized spacial score (nSPS) is 10.3. The molecule has 0 aliphatic rings. The number of nitrogens with one attached hydrogen (secondary N) is 1. The van der Waals surface area contributed by atoms with E-state index >= 15 is 0 Å². The molecule has 0 fully saturated rings. The second-order valence-electron chi connectivity index (χ2n) is 4.60. The van der Waals surface area contributed by atoms with Crippen LogP contribution in [0.1, 0.15) is 10.4 Å². The first-order valence-corrected chi connectivity index (χ1v) is 7.03. The Morgan fingerprint density at radius 3 is 2.65 bits per heavy atom. The maximum absolute atomic E-state index is 12.4. The van der Waals surface area contributed by atoms with E-state index in [4.69, 9.17) is 16.3 Å². The van der Waals surface area contributed by atoms with Gasteiger partial charge in [-0.05, 0) is 52.9 Å². The van der Waals surface area contributed by atoms with Crippen molar-refractivity contribution >= 4 is 23.2 Å². The highest BCUT2D eigenvalue weighted by Gasteiger charge is 2.13. The van der Waals surface area contributed by atoms with Gasteiger partial charge in [0, 0.05) is 10.7 Å². The molecule has 1 amide bonds. The average Bonchev–Trinajstić information content (AvgIpc) is 3.10. The van der Waals surface area contributed by atoms with Gasteiger partial charge in [-0.3, -0.25) is 4.79 Å². The van der Waals surface area contributed by atoms with Crippen LogP contribution in [0.2, 0.25) is 5.02 Å². The van der Waals surface area contributed by atoms with Crippen molar-refractivity contribution in [2.45, 2.75) is 0 Å². The number of ether oxygens (including phenoxy) is 1. The Morgan fingerprint density at radius 2 is 2.00 bits per heavy atom. The van der Waals surface area contributed by atoms with E-state index in [1.54, 1.807) is 42.5 Å². The van der Waals surface area contributed by atoms with E-state index in [1.807, 2.05) is 0 Å². The molecule has 0 unspecified atom stereocenters. The molecule has 1 heterocycles. The van der Waals surface area contributed by atoms with Gasteiger partial charge in [-0.15, -0.1) is 5.10 Å². The van der Waals surface area contributed by atoms with Gasteiger partial charge < -0.3 is 10.1 Å². The lowest BCUT2D eigenvalue weighted by atomic mass is 10.1. The first-order chi connectivity index (χ1) is 11.2. The van der Waals surface area contributed by atoms with Crippen LogP contribution in [-0.2, 0) is 0 Å². The second-order valence-corrected chi connectivity index (χ2v) is 5.04. The summed E-state index contributed by atoms with van der Waals surface area (Å²) in [6.07, 6.45) is 1.49. The highest BCUT2D eigenvalue weighted by Crippen LogP contribution is 2.24. The molecule has 0 saturated heterocycles. The molecule has 7 nitrogen and oxygen atoms in total. The summed E-state index contributed by atoms with van der Waals surface area (Å²) in [5.74, 6) is 0.150. The van der Waals surface area contributed by atoms with Gasteiger partial charge >= 0.3 is 0 Å². The van der Waals surface area contributed by atoms with E-state index < -0.39 is 0 Å². The van der Waals surface area contributed by atoms with Gasteiger partial charge in [0.2, 0.25) is 0 Å². The molecule has 1 aromatic heterocycles. The van der Waals surface area contributed by atoms with Gasteiger partial charge in [0.05, 0.1) is 18.4 Å². The summed E-state index contributed by atoms with van der Waals surface area (Å²) >= 11 is 5.94. The van der Waals surface area contributed by atoms with Crippen LogP contribution in [0.25, 0.3) is 5.69 Å². The van der Waals surface area contributed by atoms with Crippen LogP contribution in [0.15, 0.2) is 48.8 Å². The van der Waals surface area contributed by atoms with Crippen LogP contribution in [0, 0.1) is 0 Å². The van der Waals surface area contributed by atoms with Crippen molar-refractivity contribution < 1.29 is 9.53 Å². The van der Waals surface area contributed by atoms with Gasteiger partial charge in [-0.2, -0.15) is 0 Å². The lowest BCUT2D eigenvalue weighted by molar-refractivity contribution is 0.102. The molecule has 3 aromatic rings. The van der Waals surface area contributed by atoms with E-state index in [0.29, 0.717) is 22.0 Å².